The summed E-state index contributed by atoms with van der Waals surface area (Å²) in [6.07, 6.45) is 5.79. The van der Waals surface area contributed by atoms with E-state index in [9.17, 15) is 4.79 Å². The number of hydrogen-bond acceptors (Lipinski definition) is 2. The lowest BCUT2D eigenvalue weighted by Crippen LogP contribution is -2.45. The zero-order valence-corrected chi connectivity index (χ0v) is 11.7. The molecule has 0 saturated heterocycles. The molecule has 2 rings (SSSR count). The summed E-state index contributed by atoms with van der Waals surface area (Å²) in [5, 5.41) is 0. The van der Waals surface area contributed by atoms with Gasteiger partial charge in [-0.2, -0.15) is 0 Å². The molecule has 2 nitrogen and oxygen atoms in total. The van der Waals surface area contributed by atoms with Crippen molar-refractivity contribution >= 4 is 5.97 Å². The van der Waals surface area contributed by atoms with Gasteiger partial charge in [-0.1, -0.05) is 13.8 Å². The second kappa shape index (κ2) is 4.62. The summed E-state index contributed by atoms with van der Waals surface area (Å²) in [6, 6.07) is 0. The van der Waals surface area contributed by atoms with Crippen molar-refractivity contribution in [2.24, 2.45) is 23.2 Å². The Morgan fingerprint density at radius 2 is 1.65 bits per heavy atom. The van der Waals surface area contributed by atoms with Crippen molar-refractivity contribution in [3.05, 3.63) is 0 Å². The molecule has 2 bridgehead atoms. The number of rotatable bonds is 2. The van der Waals surface area contributed by atoms with Crippen LogP contribution in [0.1, 0.15) is 59.8 Å². The summed E-state index contributed by atoms with van der Waals surface area (Å²) >= 11 is 0. The summed E-state index contributed by atoms with van der Waals surface area (Å²) < 4.78 is 5.52. The molecule has 98 valence electrons. The van der Waals surface area contributed by atoms with Gasteiger partial charge in [-0.3, -0.25) is 4.79 Å². The van der Waals surface area contributed by atoms with E-state index in [0.29, 0.717) is 11.8 Å². The molecule has 0 aliphatic heterocycles. The molecule has 0 aromatic carbocycles. The van der Waals surface area contributed by atoms with Crippen molar-refractivity contribution in [2.75, 3.05) is 0 Å². The fraction of sp³-hybridized carbons (Fsp3) is 0.933. The molecule has 0 N–H and O–H groups in total. The average Bonchev–Trinajstić information content (AvgIpc) is 2.13. The van der Waals surface area contributed by atoms with Gasteiger partial charge in [0.25, 0.3) is 0 Å². The lowest BCUT2D eigenvalue weighted by Gasteiger charge is -2.48. The molecule has 2 unspecified atom stereocenters. The van der Waals surface area contributed by atoms with Crippen LogP contribution < -0.4 is 0 Å². The highest BCUT2D eigenvalue weighted by molar-refractivity contribution is 5.77. The third kappa shape index (κ3) is 2.66. The molecule has 0 amide bonds. The molecule has 2 heteroatoms. The molecular weight excluding hydrogens is 212 g/mol. The third-order valence-electron chi connectivity index (χ3n) is 4.40. The largest absolute Gasteiger partial charge is 0.463 e. The van der Waals surface area contributed by atoms with E-state index < -0.39 is 0 Å². The standard InChI is InChI=1S/C15H26O2/c1-10(2)17-14(16)15-7-11(3)5-13(9-15)6-12(4)8-15/h10-13H,5-9H2,1-4H3. The Morgan fingerprint density at radius 1 is 1.12 bits per heavy atom. The maximum absolute atomic E-state index is 12.4. The summed E-state index contributed by atoms with van der Waals surface area (Å²) in [5.74, 6) is 2.19. The first-order chi connectivity index (χ1) is 7.91. The Labute approximate surface area is 105 Å². The highest BCUT2D eigenvalue weighted by Gasteiger charge is 2.50. The maximum Gasteiger partial charge on any atom is 0.312 e. The van der Waals surface area contributed by atoms with E-state index in [-0.39, 0.29) is 17.5 Å². The first-order valence-electron chi connectivity index (χ1n) is 7.12. The summed E-state index contributed by atoms with van der Waals surface area (Å²) in [5.41, 5.74) is -0.149. The highest BCUT2D eigenvalue weighted by atomic mass is 16.5. The van der Waals surface area contributed by atoms with Crippen LogP contribution in [0.2, 0.25) is 0 Å². The van der Waals surface area contributed by atoms with Crippen LogP contribution in [0.5, 0.6) is 0 Å². The molecule has 0 radical (unpaired) electrons. The molecule has 0 aromatic rings. The second-order valence-electron chi connectivity index (χ2n) is 6.89. The van der Waals surface area contributed by atoms with E-state index in [1.54, 1.807) is 0 Å². The van der Waals surface area contributed by atoms with Gasteiger partial charge >= 0.3 is 5.97 Å². The second-order valence-corrected chi connectivity index (χ2v) is 6.89. The molecule has 17 heavy (non-hydrogen) atoms. The SMILES string of the molecule is CC1CC2CC(C)CC(C(=O)OC(C)C)(C1)C2. The van der Waals surface area contributed by atoms with E-state index in [1.165, 1.54) is 12.8 Å². The molecule has 2 aliphatic carbocycles. The van der Waals surface area contributed by atoms with Crippen LogP contribution >= 0.6 is 0 Å². The van der Waals surface area contributed by atoms with Gasteiger partial charge in [-0.25, -0.2) is 0 Å². The van der Waals surface area contributed by atoms with Gasteiger partial charge in [0.2, 0.25) is 0 Å². The highest BCUT2D eigenvalue weighted by Crippen LogP contribution is 2.53. The van der Waals surface area contributed by atoms with Gasteiger partial charge < -0.3 is 4.74 Å². The van der Waals surface area contributed by atoms with Crippen molar-refractivity contribution in [3.8, 4) is 0 Å². The van der Waals surface area contributed by atoms with Crippen molar-refractivity contribution < 1.29 is 9.53 Å². The lowest BCUT2D eigenvalue weighted by atomic mass is 9.57. The fourth-order valence-electron chi connectivity index (χ4n) is 4.29. The number of carbonyl (C=O) groups excluding carboxylic acids is 1. The smallest absolute Gasteiger partial charge is 0.312 e. The van der Waals surface area contributed by atoms with Crippen molar-refractivity contribution in [1.82, 2.24) is 0 Å². The van der Waals surface area contributed by atoms with E-state index in [1.807, 2.05) is 13.8 Å². The van der Waals surface area contributed by atoms with E-state index in [4.69, 9.17) is 4.74 Å². The number of hydrogen-bond donors (Lipinski definition) is 0. The van der Waals surface area contributed by atoms with Gasteiger partial charge in [-0.05, 0) is 63.7 Å². The van der Waals surface area contributed by atoms with Gasteiger partial charge in [0, 0.05) is 0 Å². The molecule has 2 aliphatic rings. The lowest BCUT2D eigenvalue weighted by molar-refractivity contribution is -0.169. The van der Waals surface area contributed by atoms with Crippen LogP contribution in [0.3, 0.4) is 0 Å². The van der Waals surface area contributed by atoms with Gasteiger partial charge in [0.1, 0.15) is 0 Å². The average molecular weight is 238 g/mol. The fourth-order valence-corrected chi connectivity index (χ4v) is 4.29. The van der Waals surface area contributed by atoms with Crippen molar-refractivity contribution in [1.29, 1.82) is 0 Å². The van der Waals surface area contributed by atoms with Crippen LogP contribution in [0.25, 0.3) is 0 Å². The molecule has 0 heterocycles. The molecule has 2 atom stereocenters. The normalized spacial score (nSPS) is 41.4. The van der Waals surface area contributed by atoms with Crippen LogP contribution in [-0.4, -0.2) is 12.1 Å². The Balaban J connectivity index is 2.16. The van der Waals surface area contributed by atoms with Crippen LogP contribution in [-0.2, 0) is 9.53 Å². The van der Waals surface area contributed by atoms with Gasteiger partial charge in [-0.15, -0.1) is 0 Å². The topological polar surface area (TPSA) is 26.3 Å². The van der Waals surface area contributed by atoms with Crippen LogP contribution in [0.15, 0.2) is 0 Å². The molecule has 2 fully saturated rings. The monoisotopic (exact) mass is 238 g/mol. The Hall–Kier alpha value is -0.530. The Bertz CT molecular complexity index is 276. The molecule has 2 saturated carbocycles. The Morgan fingerprint density at radius 3 is 2.12 bits per heavy atom. The first-order valence-corrected chi connectivity index (χ1v) is 7.12. The summed E-state index contributed by atoms with van der Waals surface area (Å²) in [4.78, 5) is 12.4. The van der Waals surface area contributed by atoms with Crippen LogP contribution in [0.4, 0.5) is 0 Å². The number of carbonyl (C=O) groups is 1. The van der Waals surface area contributed by atoms with Crippen molar-refractivity contribution in [2.45, 2.75) is 65.9 Å². The molecule has 0 spiro atoms. The van der Waals surface area contributed by atoms with E-state index >= 15 is 0 Å². The maximum atomic E-state index is 12.4. The number of fused-ring (bicyclic) bond motifs is 2. The van der Waals surface area contributed by atoms with E-state index in [2.05, 4.69) is 13.8 Å². The first kappa shape index (κ1) is 12.9. The summed E-state index contributed by atoms with van der Waals surface area (Å²) in [7, 11) is 0. The van der Waals surface area contributed by atoms with Crippen molar-refractivity contribution in [3.63, 3.8) is 0 Å². The number of ether oxygens (including phenoxy) is 1. The quantitative estimate of drug-likeness (QED) is 0.684. The molecule has 0 aromatic heterocycles. The number of esters is 1. The summed E-state index contributed by atoms with van der Waals surface area (Å²) in [6.45, 7) is 8.48. The molecular formula is C15H26O2. The predicted molar refractivity (Wildman–Crippen MR) is 68.6 cm³/mol. The van der Waals surface area contributed by atoms with Gasteiger partial charge in [0.05, 0.1) is 11.5 Å². The van der Waals surface area contributed by atoms with E-state index in [0.717, 1.165) is 25.2 Å². The zero-order valence-electron chi connectivity index (χ0n) is 11.7. The predicted octanol–water partition coefficient (Wildman–Crippen LogP) is 3.79. The Kier molecular flexibility index (Phi) is 3.51. The van der Waals surface area contributed by atoms with Crippen LogP contribution in [0, 0.1) is 23.2 Å². The minimum Gasteiger partial charge on any atom is -0.463 e. The minimum atomic E-state index is -0.149. The third-order valence-corrected chi connectivity index (χ3v) is 4.40. The zero-order chi connectivity index (χ0) is 12.6. The minimum absolute atomic E-state index is 0.0183. The van der Waals surface area contributed by atoms with Gasteiger partial charge in [0.15, 0.2) is 0 Å².